The fraction of sp³-hybridized carbons (Fsp3) is 0.833. The van der Waals surface area contributed by atoms with Crippen LogP contribution in [-0.2, 0) is 4.79 Å². The van der Waals surface area contributed by atoms with Crippen LogP contribution in [0.1, 0.15) is 34.6 Å². The van der Waals surface area contributed by atoms with E-state index in [9.17, 15) is 9.59 Å². The molecule has 0 aromatic carbocycles. The second-order valence-electron chi connectivity index (χ2n) is 5.21. The number of nitrogens with zero attached hydrogens (tertiary/aromatic N) is 1. The minimum atomic E-state index is -0.995. The number of carbonyl (C=O) groups is 2. The molecule has 0 saturated carbocycles. The molecule has 0 aliphatic carbocycles. The Hall–Kier alpha value is -1.26. The standard InChI is InChI=1S/C12H24N2O3/c1-6-14(7-10(15)16)11(17)13-8-12(4,5)9(2)3/h9H,6-8H2,1-5H3,(H,13,17)(H,15,16). The molecule has 0 bridgehead atoms. The molecule has 5 heteroatoms. The first-order chi connectivity index (χ1) is 7.70. The van der Waals surface area contributed by atoms with E-state index in [1.165, 1.54) is 4.90 Å². The molecule has 0 radical (unpaired) electrons. The number of likely N-dealkylation sites (N-methyl/N-ethyl adjacent to an activating group) is 1. The number of hydrogen-bond donors (Lipinski definition) is 2. The SMILES string of the molecule is CCN(CC(=O)O)C(=O)NCC(C)(C)C(C)C. The van der Waals surface area contributed by atoms with Crippen molar-refractivity contribution in [3.8, 4) is 0 Å². The van der Waals surface area contributed by atoms with Gasteiger partial charge in [-0.25, -0.2) is 4.79 Å². The molecule has 0 rings (SSSR count). The maximum absolute atomic E-state index is 11.7. The molecule has 0 spiro atoms. The molecule has 0 aliphatic rings. The molecule has 0 unspecified atom stereocenters. The summed E-state index contributed by atoms with van der Waals surface area (Å²) in [5.74, 6) is -0.553. The summed E-state index contributed by atoms with van der Waals surface area (Å²) in [6.07, 6.45) is 0. The predicted molar refractivity (Wildman–Crippen MR) is 66.9 cm³/mol. The largest absolute Gasteiger partial charge is 0.480 e. The highest BCUT2D eigenvalue weighted by atomic mass is 16.4. The van der Waals surface area contributed by atoms with Gasteiger partial charge in [0.25, 0.3) is 0 Å². The molecule has 0 aromatic heterocycles. The molecular weight excluding hydrogens is 220 g/mol. The Morgan fingerprint density at radius 1 is 1.35 bits per heavy atom. The number of carbonyl (C=O) groups excluding carboxylic acids is 1. The number of rotatable bonds is 6. The van der Waals surface area contributed by atoms with Crippen LogP contribution in [-0.4, -0.2) is 41.6 Å². The summed E-state index contributed by atoms with van der Waals surface area (Å²) in [6.45, 7) is 10.8. The van der Waals surface area contributed by atoms with Crippen molar-refractivity contribution in [3.63, 3.8) is 0 Å². The van der Waals surface area contributed by atoms with Crippen molar-refractivity contribution in [3.05, 3.63) is 0 Å². The summed E-state index contributed by atoms with van der Waals surface area (Å²) in [7, 11) is 0. The van der Waals surface area contributed by atoms with Gasteiger partial charge in [0, 0.05) is 13.1 Å². The van der Waals surface area contributed by atoms with Crippen molar-refractivity contribution in [1.29, 1.82) is 0 Å². The van der Waals surface area contributed by atoms with Crippen LogP contribution in [0.2, 0.25) is 0 Å². The third-order valence-electron chi connectivity index (χ3n) is 3.25. The van der Waals surface area contributed by atoms with Crippen LogP contribution in [0.15, 0.2) is 0 Å². The van der Waals surface area contributed by atoms with E-state index in [1.54, 1.807) is 6.92 Å². The van der Waals surface area contributed by atoms with Gasteiger partial charge in [-0.15, -0.1) is 0 Å². The highest BCUT2D eigenvalue weighted by Crippen LogP contribution is 2.24. The van der Waals surface area contributed by atoms with Gasteiger partial charge in [0.15, 0.2) is 0 Å². The van der Waals surface area contributed by atoms with Crippen molar-refractivity contribution in [2.24, 2.45) is 11.3 Å². The number of urea groups is 1. The predicted octanol–water partition coefficient (Wildman–Crippen LogP) is 1.78. The van der Waals surface area contributed by atoms with E-state index in [2.05, 4.69) is 33.0 Å². The smallest absolute Gasteiger partial charge is 0.323 e. The highest BCUT2D eigenvalue weighted by Gasteiger charge is 2.24. The van der Waals surface area contributed by atoms with E-state index < -0.39 is 5.97 Å². The maximum Gasteiger partial charge on any atom is 0.323 e. The molecule has 0 aliphatic heterocycles. The summed E-state index contributed by atoms with van der Waals surface area (Å²) in [5, 5.41) is 11.4. The second kappa shape index (κ2) is 6.47. The first-order valence-corrected chi connectivity index (χ1v) is 5.95. The Labute approximate surface area is 103 Å². The van der Waals surface area contributed by atoms with E-state index in [0.717, 1.165) is 0 Å². The lowest BCUT2D eigenvalue weighted by Gasteiger charge is -2.30. The van der Waals surface area contributed by atoms with Crippen molar-refractivity contribution in [2.45, 2.75) is 34.6 Å². The van der Waals surface area contributed by atoms with Gasteiger partial charge >= 0.3 is 12.0 Å². The number of amides is 2. The summed E-state index contributed by atoms with van der Waals surface area (Å²) in [4.78, 5) is 23.6. The van der Waals surface area contributed by atoms with Crippen LogP contribution in [0.4, 0.5) is 4.79 Å². The van der Waals surface area contributed by atoms with Gasteiger partial charge in [-0.05, 0) is 18.3 Å². The molecular formula is C12H24N2O3. The Morgan fingerprint density at radius 2 is 1.88 bits per heavy atom. The van der Waals surface area contributed by atoms with Gasteiger partial charge in [-0.1, -0.05) is 27.7 Å². The van der Waals surface area contributed by atoms with E-state index >= 15 is 0 Å². The Morgan fingerprint density at radius 3 is 2.24 bits per heavy atom. The number of hydrogen-bond acceptors (Lipinski definition) is 2. The van der Waals surface area contributed by atoms with Crippen molar-refractivity contribution >= 4 is 12.0 Å². The van der Waals surface area contributed by atoms with E-state index in [4.69, 9.17) is 5.11 Å². The van der Waals surface area contributed by atoms with Crippen LogP contribution in [0.25, 0.3) is 0 Å². The lowest BCUT2D eigenvalue weighted by Crippen LogP contribution is -2.46. The summed E-state index contributed by atoms with van der Waals surface area (Å²) >= 11 is 0. The van der Waals surface area contributed by atoms with Gasteiger partial charge in [0.2, 0.25) is 0 Å². The number of carboxylic acid groups (broad SMARTS) is 1. The lowest BCUT2D eigenvalue weighted by molar-refractivity contribution is -0.137. The first-order valence-electron chi connectivity index (χ1n) is 5.95. The van der Waals surface area contributed by atoms with E-state index in [-0.39, 0.29) is 18.0 Å². The van der Waals surface area contributed by atoms with E-state index in [0.29, 0.717) is 19.0 Å². The molecule has 2 N–H and O–H groups in total. The lowest BCUT2D eigenvalue weighted by atomic mass is 9.81. The van der Waals surface area contributed by atoms with Gasteiger partial charge in [-0.3, -0.25) is 4.79 Å². The molecule has 0 atom stereocenters. The van der Waals surface area contributed by atoms with Crippen LogP contribution >= 0.6 is 0 Å². The zero-order chi connectivity index (χ0) is 13.6. The highest BCUT2D eigenvalue weighted by molar-refractivity contribution is 5.80. The van der Waals surface area contributed by atoms with Crippen LogP contribution in [0, 0.1) is 11.3 Å². The fourth-order valence-corrected chi connectivity index (χ4v) is 1.11. The van der Waals surface area contributed by atoms with Crippen LogP contribution < -0.4 is 5.32 Å². The average molecular weight is 244 g/mol. The monoisotopic (exact) mass is 244 g/mol. The third-order valence-corrected chi connectivity index (χ3v) is 3.25. The second-order valence-corrected chi connectivity index (χ2v) is 5.21. The fourth-order valence-electron chi connectivity index (χ4n) is 1.11. The van der Waals surface area contributed by atoms with Crippen molar-refractivity contribution in [1.82, 2.24) is 10.2 Å². The molecule has 0 aromatic rings. The molecule has 0 fully saturated rings. The van der Waals surface area contributed by atoms with Gasteiger partial charge in [0.05, 0.1) is 0 Å². The number of nitrogens with one attached hydrogen (secondary N) is 1. The quantitative estimate of drug-likeness (QED) is 0.748. The minimum Gasteiger partial charge on any atom is -0.480 e. The van der Waals surface area contributed by atoms with Crippen molar-refractivity contribution in [2.75, 3.05) is 19.6 Å². The molecule has 17 heavy (non-hydrogen) atoms. The van der Waals surface area contributed by atoms with Crippen molar-refractivity contribution < 1.29 is 14.7 Å². The maximum atomic E-state index is 11.7. The molecule has 100 valence electrons. The molecule has 0 heterocycles. The van der Waals surface area contributed by atoms with Gasteiger partial charge in [-0.2, -0.15) is 0 Å². The summed E-state index contributed by atoms with van der Waals surface area (Å²) in [6, 6.07) is -0.316. The van der Waals surface area contributed by atoms with Gasteiger partial charge < -0.3 is 15.3 Å². The van der Waals surface area contributed by atoms with Gasteiger partial charge in [0.1, 0.15) is 6.54 Å². The Bertz CT molecular complexity index is 275. The molecule has 2 amide bonds. The van der Waals surface area contributed by atoms with Crippen LogP contribution in [0.5, 0.6) is 0 Å². The normalized spacial score (nSPS) is 11.4. The van der Waals surface area contributed by atoms with E-state index in [1.807, 2.05) is 0 Å². The first kappa shape index (κ1) is 15.7. The Balaban J connectivity index is 4.29. The minimum absolute atomic E-state index is 0.00169. The average Bonchev–Trinajstić information content (AvgIpc) is 2.22. The third kappa shape index (κ3) is 5.56. The Kier molecular flexibility index (Phi) is 5.99. The topological polar surface area (TPSA) is 69.6 Å². The number of aliphatic carboxylic acids is 1. The zero-order valence-corrected chi connectivity index (χ0v) is 11.4. The number of carboxylic acids is 1. The molecule has 5 nitrogen and oxygen atoms in total. The van der Waals surface area contributed by atoms with Crippen LogP contribution in [0.3, 0.4) is 0 Å². The zero-order valence-electron chi connectivity index (χ0n) is 11.4. The molecule has 0 saturated heterocycles. The summed E-state index contributed by atoms with van der Waals surface area (Å²) in [5.41, 5.74) is -0.00169. The summed E-state index contributed by atoms with van der Waals surface area (Å²) < 4.78 is 0.